The van der Waals surface area contributed by atoms with E-state index in [1.807, 2.05) is 20.8 Å². The number of rotatable bonds is 2. The monoisotopic (exact) mass is 106 g/mol. The summed E-state index contributed by atoms with van der Waals surface area (Å²) in [5.74, 6) is 0. The predicted molar refractivity (Wildman–Crippen MR) is 30.1 cm³/mol. The van der Waals surface area contributed by atoms with Crippen LogP contribution in [0.2, 0.25) is 0 Å². The molecule has 7 heavy (non-hydrogen) atoms. The molecule has 0 aromatic heterocycles. The molecule has 2 heteroatoms. The highest BCUT2D eigenvalue weighted by atomic mass is 16.6. The van der Waals surface area contributed by atoms with Crippen molar-refractivity contribution in [1.82, 2.24) is 0 Å². The van der Waals surface area contributed by atoms with Crippen LogP contribution < -0.4 is 0 Å². The molecule has 0 atom stereocenters. The summed E-state index contributed by atoms with van der Waals surface area (Å²) in [5.41, 5.74) is 0. The van der Waals surface area contributed by atoms with E-state index in [1.54, 1.807) is 0 Å². The Balaban J connectivity index is 0. The summed E-state index contributed by atoms with van der Waals surface area (Å²) in [6.07, 6.45) is 0. The molecule has 0 aromatic carbocycles. The fourth-order valence-corrected chi connectivity index (χ4v) is 0.0913. The summed E-state index contributed by atoms with van der Waals surface area (Å²) in [7, 11) is 0. The third-order valence-electron chi connectivity index (χ3n) is 0.295. The molecule has 0 heterocycles. The van der Waals surface area contributed by atoms with Crippen molar-refractivity contribution in [1.29, 1.82) is 0 Å². The summed E-state index contributed by atoms with van der Waals surface area (Å²) >= 11 is 0. The van der Waals surface area contributed by atoms with Gasteiger partial charge in [0.1, 0.15) is 6.79 Å². The van der Waals surface area contributed by atoms with Crippen LogP contribution in [0.25, 0.3) is 0 Å². The van der Waals surface area contributed by atoms with Gasteiger partial charge in [0.15, 0.2) is 0 Å². The molecule has 0 bridgehead atoms. The molecule has 0 aliphatic rings. The van der Waals surface area contributed by atoms with Gasteiger partial charge in [0.25, 0.3) is 0 Å². The summed E-state index contributed by atoms with van der Waals surface area (Å²) in [5, 5.41) is 7.84. The van der Waals surface area contributed by atoms with Gasteiger partial charge in [-0.1, -0.05) is 13.8 Å². The van der Waals surface area contributed by atoms with Crippen molar-refractivity contribution >= 4 is 0 Å². The molecule has 46 valence electrons. The van der Waals surface area contributed by atoms with Crippen LogP contribution >= 0.6 is 0 Å². The van der Waals surface area contributed by atoms with Crippen molar-refractivity contribution in [3.8, 4) is 0 Å². The van der Waals surface area contributed by atoms with E-state index in [4.69, 9.17) is 5.11 Å². The van der Waals surface area contributed by atoms with Crippen molar-refractivity contribution in [3.05, 3.63) is 0 Å². The van der Waals surface area contributed by atoms with Gasteiger partial charge in [0.05, 0.1) is 0 Å². The zero-order chi connectivity index (χ0) is 6.12. The van der Waals surface area contributed by atoms with Gasteiger partial charge in [0, 0.05) is 6.61 Å². The molecule has 0 fully saturated rings. The topological polar surface area (TPSA) is 29.5 Å². The Morgan fingerprint density at radius 1 is 1.43 bits per heavy atom. The Labute approximate surface area is 45.1 Å². The largest absolute Gasteiger partial charge is 0.371 e. The Morgan fingerprint density at radius 3 is 1.86 bits per heavy atom. The van der Waals surface area contributed by atoms with Crippen LogP contribution in [0.5, 0.6) is 0 Å². The smallest absolute Gasteiger partial charge is 0.143 e. The molecule has 0 saturated carbocycles. The molecule has 0 aliphatic carbocycles. The van der Waals surface area contributed by atoms with Gasteiger partial charge in [0.2, 0.25) is 0 Å². The van der Waals surface area contributed by atoms with E-state index in [0.29, 0.717) is 6.61 Å². The van der Waals surface area contributed by atoms with E-state index in [1.165, 1.54) is 0 Å². The van der Waals surface area contributed by atoms with E-state index in [9.17, 15) is 0 Å². The minimum Gasteiger partial charge on any atom is -0.371 e. The minimum absolute atomic E-state index is 0.156. The van der Waals surface area contributed by atoms with Gasteiger partial charge in [-0.3, -0.25) is 0 Å². The van der Waals surface area contributed by atoms with Crippen molar-refractivity contribution in [3.63, 3.8) is 0 Å². The normalized spacial score (nSPS) is 6.86. The molecular formula is C5H14O2. The summed E-state index contributed by atoms with van der Waals surface area (Å²) < 4.78 is 4.39. The second-order valence-corrected chi connectivity index (χ2v) is 0.622. The highest BCUT2D eigenvalue weighted by molar-refractivity contribution is 3.98. The first-order valence-corrected chi connectivity index (χ1v) is 2.60. The van der Waals surface area contributed by atoms with Crippen LogP contribution in [0.1, 0.15) is 20.8 Å². The maximum absolute atomic E-state index is 7.84. The van der Waals surface area contributed by atoms with Gasteiger partial charge in [-0.05, 0) is 6.92 Å². The third kappa shape index (κ3) is 24.7. The number of aliphatic hydroxyl groups is 1. The molecule has 0 saturated heterocycles. The number of aliphatic hydroxyl groups excluding tert-OH is 1. The SMILES string of the molecule is CC.CCOCO. The maximum Gasteiger partial charge on any atom is 0.143 e. The number of ether oxygens (including phenoxy) is 1. The average molecular weight is 106 g/mol. The second-order valence-electron chi connectivity index (χ2n) is 0.622. The Morgan fingerprint density at radius 2 is 1.86 bits per heavy atom. The van der Waals surface area contributed by atoms with Crippen LogP contribution in [-0.2, 0) is 4.74 Å². The van der Waals surface area contributed by atoms with E-state index in [0.717, 1.165) is 0 Å². The molecule has 0 unspecified atom stereocenters. The highest BCUT2D eigenvalue weighted by Gasteiger charge is 1.64. The molecule has 1 N–H and O–H groups in total. The minimum atomic E-state index is -0.156. The summed E-state index contributed by atoms with van der Waals surface area (Å²) in [4.78, 5) is 0. The van der Waals surface area contributed by atoms with Gasteiger partial charge in [-0.2, -0.15) is 0 Å². The average Bonchev–Trinajstić information content (AvgIpc) is 1.75. The molecular weight excluding hydrogens is 92.1 g/mol. The fourth-order valence-electron chi connectivity index (χ4n) is 0.0913. The fraction of sp³-hybridized carbons (Fsp3) is 1.00. The van der Waals surface area contributed by atoms with Crippen LogP contribution in [0.3, 0.4) is 0 Å². The molecule has 0 aliphatic heterocycles. The van der Waals surface area contributed by atoms with Crippen LogP contribution in [0.4, 0.5) is 0 Å². The zero-order valence-electron chi connectivity index (χ0n) is 5.27. The van der Waals surface area contributed by atoms with Gasteiger partial charge in [-0.15, -0.1) is 0 Å². The Kier molecular flexibility index (Phi) is 24.1. The zero-order valence-corrected chi connectivity index (χ0v) is 5.27. The maximum atomic E-state index is 7.84. The van der Waals surface area contributed by atoms with Crippen molar-refractivity contribution in [2.24, 2.45) is 0 Å². The molecule has 0 rings (SSSR count). The lowest BCUT2D eigenvalue weighted by Gasteiger charge is -1.85. The van der Waals surface area contributed by atoms with E-state index >= 15 is 0 Å². The molecule has 0 radical (unpaired) electrons. The predicted octanol–water partition coefficient (Wildman–Crippen LogP) is 0.999. The first kappa shape index (κ1) is 10.0. The van der Waals surface area contributed by atoms with Crippen molar-refractivity contribution in [2.75, 3.05) is 13.4 Å². The number of hydrogen-bond acceptors (Lipinski definition) is 2. The van der Waals surface area contributed by atoms with Crippen LogP contribution in [0, 0.1) is 0 Å². The van der Waals surface area contributed by atoms with Gasteiger partial charge in [-0.25, -0.2) is 0 Å². The van der Waals surface area contributed by atoms with E-state index < -0.39 is 0 Å². The first-order chi connectivity index (χ1) is 3.41. The summed E-state index contributed by atoms with van der Waals surface area (Å²) in [6.45, 7) is 6.27. The van der Waals surface area contributed by atoms with Crippen molar-refractivity contribution in [2.45, 2.75) is 20.8 Å². The molecule has 0 spiro atoms. The quantitative estimate of drug-likeness (QED) is 0.532. The Hall–Kier alpha value is -0.0800. The molecule has 0 amide bonds. The lowest BCUT2D eigenvalue weighted by Crippen LogP contribution is -1.88. The molecule has 2 nitrogen and oxygen atoms in total. The van der Waals surface area contributed by atoms with Crippen LogP contribution in [-0.4, -0.2) is 18.5 Å². The highest BCUT2D eigenvalue weighted by Crippen LogP contribution is 1.61. The Bertz CT molecular complexity index is 13.6. The van der Waals surface area contributed by atoms with E-state index in [-0.39, 0.29) is 6.79 Å². The van der Waals surface area contributed by atoms with E-state index in [2.05, 4.69) is 4.74 Å². The number of hydrogen-bond donors (Lipinski definition) is 1. The second kappa shape index (κ2) is 16.8. The van der Waals surface area contributed by atoms with Gasteiger partial charge >= 0.3 is 0 Å². The standard InChI is InChI=1S/C3H8O2.C2H6/c1-2-5-3-4;1-2/h4H,2-3H2,1H3;1-2H3. The third-order valence-corrected chi connectivity index (χ3v) is 0.295. The lowest BCUT2D eigenvalue weighted by atomic mass is 10.9. The van der Waals surface area contributed by atoms with Crippen LogP contribution in [0.15, 0.2) is 0 Å². The first-order valence-electron chi connectivity index (χ1n) is 2.60. The molecule has 0 aromatic rings. The summed E-state index contributed by atoms with van der Waals surface area (Å²) in [6, 6.07) is 0. The van der Waals surface area contributed by atoms with Crippen molar-refractivity contribution < 1.29 is 9.84 Å². The lowest BCUT2D eigenvalue weighted by molar-refractivity contribution is 0.00540. The van der Waals surface area contributed by atoms with Gasteiger partial charge < -0.3 is 9.84 Å².